The van der Waals surface area contributed by atoms with Gasteiger partial charge in [0.05, 0.1) is 9.21 Å². The maximum atomic E-state index is 12.2. The van der Waals surface area contributed by atoms with Gasteiger partial charge in [-0.3, -0.25) is 9.59 Å². The van der Waals surface area contributed by atoms with Crippen LogP contribution in [0.2, 0.25) is 4.34 Å². The molecule has 0 aromatic carbocycles. The van der Waals surface area contributed by atoms with Crippen LogP contribution in [0.1, 0.15) is 35.9 Å². The summed E-state index contributed by atoms with van der Waals surface area (Å²) in [5, 5.41) is 0. The van der Waals surface area contributed by atoms with Crippen LogP contribution in [0.5, 0.6) is 0 Å². The van der Waals surface area contributed by atoms with E-state index in [9.17, 15) is 9.59 Å². The van der Waals surface area contributed by atoms with E-state index in [0.717, 1.165) is 19.4 Å². The van der Waals surface area contributed by atoms with Crippen LogP contribution in [0.3, 0.4) is 0 Å². The number of nitrogens with zero attached hydrogens (tertiary/aromatic N) is 1. The molecule has 1 aliphatic heterocycles. The summed E-state index contributed by atoms with van der Waals surface area (Å²) >= 11 is 7.12. The fourth-order valence-electron chi connectivity index (χ4n) is 2.22. The van der Waals surface area contributed by atoms with E-state index in [0.29, 0.717) is 15.6 Å². The predicted molar refractivity (Wildman–Crippen MR) is 68.7 cm³/mol. The number of Topliss-reactive ketones (excluding diaryl/α,β-unsaturated/α-hetero) is 1. The van der Waals surface area contributed by atoms with Crippen molar-refractivity contribution in [1.82, 2.24) is 4.90 Å². The average Bonchev–Trinajstić information content (AvgIpc) is 2.85. The number of hydrogen-bond acceptors (Lipinski definition) is 3. The Morgan fingerprint density at radius 2 is 2.29 bits per heavy atom. The number of hydrogen-bond donors (Lipinski definition) is 0. The van der Waals surface area contributed by atoms with Crippen molar-refractivity contribution in [2.45, 2.75) is 32.2 Å². The Morgan fingerprint density at radius 1 is 1.53 bits per heavy atom. The van der Waals surface area contributed by atoms with Crippen molar-refractivity contribution in [1.29, 1.82) is 0 Å². The Morgan fingerprint density at radius 3 is 2.88 bits per heavy atom. The number of carbonyl (C=O) groups excluding carboxylic acids is 2. The second kappa shape index (κ2) is 5.19. The molecule has 2 rings (SSSR count). The summed E-state index contributed by atoms with van der Waals surface area (Å²) in [5.74, 6) is 0.143. The smallest absolute Gasteiger partial charge is 0.264 e. The molecule has 92 valence electrons. The van der Waals surface area contributed by atoms with E-state index in [1.807, 2.05) is 4.90 Å². The third-order valence-corrected chi connectivity index (χ3v) is 4.16. The standard InChI is InChI=1S/C12H14ClNO2S/c1-8(15)7-9-3-2-6-14(9)12(16)10-4-5-11(13)17-10/h4-5,9H,2-3,6-7H2,1H3. The highest BCUT2D eigenvalue weighted by Gasteiger charge is 2.30. The lowest BCUT2D eigenvalue weighted by molar-refractivity contribution is -0.117. The van der Waals surface area contributed by atoms with Crippen molar-refractivity contribution < 1.29 is 9.59 Å². The molecule has 0 radical (unpaired) electrons. The number of halogens is 1. The highest BCUT2D eigenvalue weighted by molar-refractivity contribution is 7.17. The summed E-state index contributed by atoms with van der Waals surface area (Å²) in [6.45, 7) is 2.31. The van der Waals surface area contributed by atoms with Gasteiger partial charge in [-0.25, -0.2) is 0 Å². The maximum absolute atomic E-state index is 12.2. The number of amides is 1. The van der Waals surface area contributed by atoms with Crippen molar-refractivity contribution in [3.05, 3.63) is 21.3 Å². The Kier molecular flexibility index (Phi) is 3.84. The van der Waals surface area contributed by atoms with Gasteiger partial charge in [0.15, 0.2) is 0 Å². The molecule has 1 amide bonds. The Balaban J connectivity index is 2.10. The largest absolute Gasteiger partial charge is 0.335 e. The van der Waals surface area contributed by atoms with E-state index < -0.39 is 0 Å². The predicted octanol–water partition coefficient (Wildman–Crippen LogP) is 2.99. The molecule has 0 aliphatic carbocycles. The first kappa shape index (κ1) is 12.6. The minimum absolute atomic E-state index is 0.00523. The zero-order valence-corrected chi connectivity index (χ0v) is 11.2. The molecule has 1 aromatic heterocycles. The van der Waals surface area contributed by atoms with Crippen molar-refractivity contribution in [3.8, 4) is 0 Å². The van der Waals surface area contributed by atoms with Crippen LogP contribution < -0.4 is 0 Å². The number of ketones is 1. The van der Waals surface area contributed by atoms with Gasteiger partial charge in [0.1, 0.15) is 5.78 Å². The second-order valence-electron chi connectivity index (χ2n) is 4.30. The van der Waals surface area contributed by atoms with Gasteiger partial charge in [0.2, 0.25) is 0 Å². The first-order valence-electron chi connectivity index (χ1n) is 5.63. The molecule has 3 nitrogen and oxygen atoms in total. The van der Waals surface area contributed by atoms with Gasteiger partial charge < -0.3 is 4.90 Å². The van der Waals surface area contributed by atoms with Crippen molar-refractivity contribution in [3.63, 3.8) is 0 Å². The van der Waals surface area contributed by atoms with Crippen molar-refractivity contribution >= 4 is 34.6 Å². The summed E-state index contributed by atoms with van der Waals surface area (Å²) < 4.78 is 0.621. The van der Waals surface area contributed by atoms with Gasteiger partial charge in [-0.1, -0.05) is 11.6 Å². The topological polar surface area (TPSA) is 37.4 Å². The molecule has 1 unspecified atom stereocenters. The molecule has 1 saturated heterocycles. The summed E-state index contributed by atoms with van der Waals surface area (Å²) in [6.07, 6.45) is 2.36. The van der Waals surface area contributed by atoms with Crippen LogP contribution >= 0.6 is 22.9 Å². The number of carbonyl (C=O) groups is 2. The van der Waals surface area contributed by atoms with E-state index in [1.54, 1.807) is 19.1 Å². The molecule has 1 fully saturated rings. The molecule has 17 heavy (non-hydrogen) atoms. The Hall–Kier alpha value is -0.870. The molecule has 0 spiro atoms. The van der Waals surface area contributed by atoms with Gasteiger partial charge in [-0.2, -0.15) is 0 Å². The van der Waals surface area contributed by atoms with Crippen molar-refractivity contribution in [2.24, 2.45) is 0 Å². The van der Waals surface area contributed by atoms with E-state index in [1.165, 1.54) is 11.3 Å². The summed E-state index contributed by atoms with van der Waals surface area (Å²) in [5.41, 5.74) is 0. The van der Waals surface area contributed by atoms with Crippen LogP contribution in [0.15, 0.2) is 12.1 Å². The number of likely N-dealkylation sites (tertiary alicyclic amines) is 1. The van der Waals surface area contributed by atoms with E-state index >= 15 is 0 Å². The van der Waals surface area contributed by atoms with Gasteiger partial charge in [0.25, 0.3) is 5.91 Å². The lowest BCUT2D eigenvalue weighted by Crippen LogP contribution is -2.36. The lowest BCUT2D eigenvalue weighted by Gasteiger charge is -2.23. The Bertz CT molecular complexity index is 443. The zero-order chi connectivity index (χ0) is 12.4. The first-order valence-corrected chi connectivity index (χ1v) is 6.83. The molecule has 1 aliphatic rings. The monoisotopic (exact) mass is 271 g/mol. The molecule has 0 saturated carbocycles. The second-order valence-corrected chi connectivity index (χ2v) is 6.02. The summed E-state index contributed by atoms with van der Waals surface area (Å²) in [6, 6.07) is 3.55. The maximum Gasteiger partial charge on any atom is 0.264 e. The number of rotatable bonds is 3. The van der Waals surface area contributed by atoms with E-state index in [-0.39, 0.29) is 17.7 Å². The van der Waals surface area contributed by atoms with Crippen LogP contribution in [0.25, 0.3) is 0 Å². The van der Waals surface area contributed by atoms with Gasteiger partial charge in [0, 0.05) is 19.0 Å². The minimum atomic E-state index is 0.00523. The van der Waals surface area contributed by atoms with E-state index in [4.69, 9.17) is 11.6 Å². The quantitative estimate of drug-likeness (QED) is 0.848. The lowest BCUT2D eigenvalue weighted by atomic mass is 10.1. The van der Waals surface area contributed by atoms with Gasteiger partial charge in [-0.15, -0.1) is 11.3 Å². The zero-order valence-electron chi connectivity index (χ0n) is 9.61. The van der Waals surface area contributed by atoms with E-state index in [2.05, 4.69) is 0 Å². The summed E-state index contributed by atoms with van der Waals surface area (Å²) in [7, 11) is 0. The SMILES string of the molecule is CC(=O)CC1CCCN1C(=O)c1ccc(Cl)s1. The Labute approximate surface area is 109 Å². The highest BCUT2D eigenvalue weighted by atomic mass is 35.5. The molecule has 1 atom stereocenters. The fourth-order valence-corrected chi connectivity index (χ4v) is 3.22. The van der Waals surface area contributed by atoms with Gasteiger partial charge >= 0.3 is 0 Å². The van der Waals surface area contributed by atoms with Crippen LogP contribution in [0.4, 0.5) is 0 Å². The molecular formula is C12H14ClNO2S. The highest BCUT2D eigenvalue weighted by Crippen LogP contribution is 2.27. The summed E-state index contributed by atoms with van der Waals surface area (Å²) in [4.78, 5) is 25.8. The molecule has 1 aromatic rings. The average molecular weight is 272 g/mol. The third-order valence-electron chi connectivity index (χ3n) is 2.95. The molecule has 5 heteroatoms. The van der Waals surface area contributed by atoms with Crippen LogP contribution in [-0.2, 0) is 4.79 Å². The molecule has 0 bridgehead atoms. The van der Waals surface area contributed by atoms with Gasteiger partial charge in [-0.05, 0) is 31.9 Å². The van der Waals surface area contributed by atoms with Crippen LogP contribution in [0, 0.1) is 0 Å². The minimum Gasteiger partial charge on any atom is -0.335 e. The molecular weight excluding hydrogens is 258 g/mol. The molecule has 0 N–H and O–H groups in total. The fraction of sp³-hybridized carbons (Fsp3) is 0.500. The first-order chi connectivity index (χ1) is 8.08. The molecule has 2 heterocycles. The third kappa shape index (κ3) is 2.87. The normalized spacial score (nSPS) is 19.6. The number of thiophene rings is 1. The van der Waals surface area contributed by atoms with Crippen molar-refractivity contribution in [2.75, 3.05) is 6.54 Å². The van der Waals surface area contributed by atoms with Crippen LogP contribution in [-0.4, -0.2) is 29.2 Å².